The molecule has 2 aromatic heterocycles. The zero-order valence-electron chi connectivity index (χ0n) is 22.6. The van der Waals surface area contributed by atoms with Gasteiger partial charge < -0.3 is 14.4 Å². The van der Waals surface area contributed by atoms with E-state index in [4.69, 9.17) is 14.6 Å². The van der Waals surface area contributed by atoms with Crippen LogP contribution in [0.5, 0.6) is 5.75 Å². The summed E-state index contributed by atoms with van der Waals surface area (Å²) in [5.74, 6) is -0.114. The van der Waals surface area contributed by atoms with Gasteiger partial charge in [0.2, 0.25) is 0 Å². The van der Waals surface area contributed by atoms with Crippen LogP contribution in [0.1, 0.15) is 50.7 Å². The van der Waals surface area contributed by atoms with Crippen LogP contribution in [-0.4, -0.2) is 60.8 Å². The van der Waals surface area contributed by atoms with Gasteiger partial charge in [0, 0.05) is 42.9 Å². The molecule has 0 radical (unpaired) electrons. The van der Waals surface area contributed by atoms with Gasteiger partial charge in [-0.3, -0.25) is 0 Å². The van der Waals surface area contributed by atoms with Crippen molar-refractivity contribution in [3.63, 3.8) is 0 Å². The third-order valence-corrected chi connectivity index (χ3v) is 7.17. The van der Waals surface area contributed by atoms with E-state index >= 15 is 0 Å². The second kappa shape index (κ2) is 10.0. The zero-order chi connectivity index (χ0) is 28.0. The highest BCUT2D eigenvalue weighted by Crippen LogP contribution is 2.39. The second-order valence-electron chi connectivity index (χ2n) is 11.1. The van der Waals surface area contributed by atoms with Crippen LogP contribution in [0.25, 0.3) is 22.9 Å². The number of hydrogen-bond acceptors (Lipinski definition) is 6. The quantitative estimate of drug-likeness (QED) is 0.339. The highest BCUT2D eigenvalue weighted by atomic mass is 19.1. The van der Waals surface area contributed by atoms with Crippen molar-refractivity contribution in [2.24, 2.45) is 0 Å². The molecule has 0 N–H and O–H groups in total. The Labute approximate surface area is 230 Å². The topological polar surface area (TPSA) is 87.3 Å². The van der Waals surface area contributed by atoms with Crippen molar-refractivity contribution in [2.45, 2.75) is 51.6 Å². The summed E-state index contributed by atoms with van der Waals surface area (Å²) in [6.45, 7) is 7.35. The molecule has 0 saturated carbocycles. The Morgan fingerprint density at radius 2 is 1.90 bits per heavy atom. The van der Waals surface area contributed by atoms with E-state index in [0.29, 0.717) is 26.1 Å². The van der Waals surface area contributed by atoms with Crippen molar-refractivity contribution in [1.29, 1.82) is 0 Å². The first-order valence-electron chi connectivity index (χ1n) is 13.4. The Morgan fingerprint density at radius 1 is 1.10 bits per heavy atom. The van der Waals surface area contributed by atoms with Crippen LogP contribution in [0.2, 0.25) is 0 Å². The number of halogens is 2. The Kier molecular flexibility index (Phi) is 6.52. The van der Waals surface area contributed by atoms with E-state index < -0.39 is 17.2 Å². The van der Waals surface area contributed by atoms with Gasteiger partial charge in [-0.05, 0) is 69.4 Å². The maximum Gasteiger partial charge on any atom is 0.410 e. The Hall–Kier alpha value is -4.28. The predicted molar refractivity (Wildman–Crippen MR) is 143 cm³/mol. The summed E-state index contributed by atoms with van der Waals surface area (Å²) in [6, 6.07) is 9.50. The number of carbonyl (C=O) groups is 1. The number of ether oxygens (including phenoxy) is 2. The van der Waals surface area contributed by atoms with E-state index in [1.54, 1.807) is 9.58 Å². The van der Waals surface area contributed by atoms with Crippen LogP contribution in [0.4, 0.5) is 13.6 Å². The number of fused-ring (bicyclic) bond motifs is 3. The highest BCUT2D eigenvalue weighted by Gasteiger charge is 2.29. The first-order valence-corrected chi connectivity index (χ1v) is 13.4. The van der Waals surface area contributed by atoms with Gasteiger partial charge in [-0.2, -0.15) is 19.9 Å². The molecule has 2 aliphatic heterocycles. The van der Waals surface area contributed by atoms with Crippen LogP contribution in [0.3, 0.4) is 0 Å². The molecule has 0 unspecified atom stereocenters. The summed E-state index contributed by atoms with van der Waals surface area (Å²) < 4.78 is 42.5. The number of amides is 1. The molecule has 2 aliphatic rings. The fourth-order valence-corrected chi connectivity index (χ4v) is 5.24. The van der Waals surface area contributed by atoms with Gasteiger partial charge in [0.1, 0.15) is 29.2 Å². The molecule has 0 aliphatic carbocycles. The molecule has 1 amide bonds. The SMILES string of the molecule is CC(C)(C)OC(=O)N1CCC(c2ccc3c(c2)-c2nn(-c4ncnn4-c4ccc(F)cc4F)cc2CCO3)CC1. The number of carbonyl (C=O) groups excluding carboxylic acids is 1. The predicted octanol–water partition coefficient (Wildman–Crippen LogP) is 5.45. The van der Waals surface area contributed by atoms with Crippen molar-refractivity contribution < 1.29 is 23.0 Å². The minimum atomic E-state index is -0.749. The van der Waals surface area contributed by atoms with Gasteiger partial charge in [0.15, 0.2) is 5.82 Å². The highest BCUT2D eigenvalue weighted by molar-refractivity contribution is 5.72. The van der Waals surface area contributed by atoms with E-state index in [9.17, 15) is 13.6 Å². The van der Waals surface area contributed by atoms with Gasteiger partial charge in [0.25, 0.3) is 5.95 Å². The van der Waals surface area contributed by atoms with E-state index in [1.165, 1.54) is 23.1 Å². The number of likely N-dealkylation sites (tertiary alicyclic amines) is 1. The fraction of sp³-hybridized carbons (Fsp3) is 0.379. The molecule has 40 heavy (non-hydrogen) atoms. The minimum Gasteiger partial charge on any atom is -0.493 e. The van der Waals surface area contributed by atoms with E-state index in [0.717, 1.165) is 47.0 Å². The lowest BCUT2D eigenvalue weighted by Crippen LogP contribution is -2.41. The van der Waals surface area contributed by atoms with Gasteiger partial charge in [0.05, 0.1) is 12.3 Å². The Balaban J connectivity index is 1.28. The van der Waals surface area contributed by atoms with Crippen molar-refractivity contribution >= 4 is 6.09 Å². The summed E-state index contributed by atoms with van der Waals surface area (Å²) >= 11 is 0. The third kappa shape index (κ3) is 5.03. The van der Waals surface area contributed by atoms with E-state index in [-0.39, 0.29) is 23.6 Å². The van der Waals surface area contributed by atoms with Gasteiger partial charge >= 0.3 is 6.09 Å². The molecule has 4 heterocycles. The molecule has 6 rings (SSSR count). The molecule has 208 valence electrons. The molecule has 0 bridgehead atoms. The number of benzene rings is 2. The van der Waals surface area contributed by atoms with Crippen molar-refractivity contribution in [2.75, 3.05) is 19.7 Å². The lowest BCUT2D eigenvalue weighted by molar-refractivity contribution is 0.0205. The van der Waals surface area contributed by atoms with Crippen LogP contribution >= 0.6 is 0 Å². The molecule has 1 fully saturated rings. The first kappa shape index (κ1) is 26.0. The number of piperidine rings is 1. The first-order chi connectivity index (χ1) is 19.2. The molecule has 0 atom stereocenters. The Morgan fingerprint density at radius 3 is 2.65 bits per heavy atom. The average molecular weight is 549 g/mol. The van der Waals surface area contributed by atoms with Crippen molar-refractivity contribution in [1.82, 2.24) is 29.4 Å². The second-order valence-corrected chi connectivity index (χ2v) is 11.1. The monoisotopic (exact) mass is 548 g/mol. The summed E-state index contributed by atoms with van der Waals surface area (Å²) in [7, 11) is 0. The maximum absolute atomic E-state index is 14.5. The van der Waals surface area contributed by atoms with Crippen LogP contribution in [0.15, 0.2) is 48.9 Å². The summed E-state index contributed by atoms with van der Waals surface area (Å²) in [5.41, 5.74) is 3.30. The summed E-state index contributed by atoms with van der Waals surface area (Å²) in [6.07, 6.45) is 5.17. The zero-order valence-corrected chi connectivity index (χ0v) is 22.6. The van der Waals surface area contributed by atoms with Gasteiger partial charge in [-0.15, -0.1) is 0 Å². The maximum atomic E-state index is 14.5. The molecular weight excluding hydrogens is 518 g/mol. The normalized spacial score (nSPS) is 15.7. The Bertz CT molecular complexity index is 1570. The van der Waals surface area contributed by atoms with Gasteiger partial charge in [-0.25, -0.2) is 18.3 Å². The number of nitrogens with zero attached hydrogens (tertiary/aromatic N) is 6. The fourth-order valence-electron chi connectivity index (χ4n) is 5.24. The van der Waals surface area contributed by atoms with E-state index in [1.807, 2.05) is 33.0 Å². The standard InChI is InChI=1S/C29H30F2N6O3/c1-29(2,3)40-28(38)35-11-8-18(9-12-35)19-4-7-25-22(14-19)26-20(10-13-39-25)16-36(34-26)27-32-17-33-37(27)24-6-5-21(30)15-23(24)31/h4-7,14-18H,8-13H2,1-3H3. The van der Waals surface area contributed by atoms with E-state index in [2.05, 4.69) is 22.2 Å². The molecule has 1 saturated heterocycles. The molecule has 0 spiro atoms. The minimum absolute atomic E-state index is 0.0725. The number of aromatic nitrogens is 5. The molecule has 2 aromatic carbocycles. The van der Waals surface area contributed by atoms with Crippen molar-refractivity contribution in [3.05, 3.63) is 71.7 Å². The summed E-state index contributed by atoms with van der Waals surface area (Å²) in [5, 5.41) is 8.99. The van der Waals surface area contributed by atoms with Gasteiger partial charge in [-0.1, -0.05) is 6.07 Å². The van der Waals surface area contributed by atoms with Crippen molar-refractivity contribution in [3.8, 4) is 28.6 Å². The third-order valence-electron chi connectivity index (χ3n) is 7.17. The smallest absolute Gasteiger partial charge is 0.410 e. The van der Waals surface area contributed by atoms with Crippen LogP contribution in [0, 0.1) is 11.6 Å². The molecular formula is C29H30F2N6O3. The van der Waals surface area contributed by atoms with Crippen LogP contribution in [-0.2, 0) is 11.2 Å². The number of hydrogen-bond donors (Lipinski definition) is 0. The van der Waals surface area contributed by atoms with Crippen LogP contribution < -0.4 is 4.74 Å². The molecule has 11 heteroatoms. The number of rotatable bonds is 3. The molecule has 4 aromatic rings. The lowest BCUT2D eigenvalue weighted by atomic mass is 9.88. The lowest BCUT2D eigenvalue weighted by Gasteiger charge is -2.33. The summed E-state index contributed by atoms with van der Waals surface area (Å²) in [4.78, 5) is 18.6. The molecule has 9 nitrogen and oxygen atoms in total. The average Bonchev–Trinajstić information content (AvgIpc) is 3.52. The largest absolute Gasteiger partial charge is 0.493 e.